The van der Waals surface area contributed by atoms with E-state index in [1.165, 1.54) is 11.8 Å². The van der Waals surface area contributed by atoms with Crippen LogP contribution in [-0.4, -0.2) is 48.4 Å². The van der Waals surface area contributed by atoms with Gasteiger partial charge in [0, 0.05) is 26.1 Å². The Kier molecular flexibility index (Phi) is 5.53. The third-order valence-corrected chi connectivity index (χ3v) is 2.95. The van der Waals surface area contributed by atoms with Crippen LogP contribution in [0.15, 0.2) is 0 Å². The highest BCUT2D eigenvalue weighted by atomic mass is 32.2. The molecule has 86 valence electrons. The van der Waals surface area contributed by atoms with Crippen LogP contribution in [0.3, 0.4) is 0 Å². The Morgan fingerprint density at radius 2 is 2.33 bits per heavy atom. The van der Waals surface area contributed by atoms with Gasteiger partial charge in [-0.05, 0) is 19.1 Å². The number of carbonyl (C=O) groups is 2. The summed E-state index contributed by atoms with van der Waals surface area (Å²) >= 11 is 1.50. The number of hydrogen-bond donors (Lipinski definition) is 1. The SMILES string of the molecule is CSCC(=O)NCCN1CCCCC1=O. The Morgan fingerprint density at radius 1 is 1.53 bits per heavy atom. The quantitative estimate of drug-likeness (QED) is 0.747. The molecule has 0 aromatic heterocycles. The fourth-order valence-corrected chi connectivity index (χ4v) is 1.97. The van der Waals surface area contributed by atoms with Crippen LogP contribution in [0.25, 0.3) is 0 Å². The predicted octanol–water partition coefficient (Wildman–Crippen LogP) is 0.478. The van der Waals surface area contributed by atoms with Gasteiger partial charge in [-0.15, -0.1) is 0 Å². The lowest BCUT2D eigenvalue weighted by Gasteiger charge is -2.26. The fraction of sp³-hybridized carbons (Fsp3) is 0.800. The van der Waals surface area contributed by atoms with E-state index in [1.54, 1.807) is 0 Å². The molecular formula is C10H18N2O2S. The van der Waals surface area contributed by atoms with Crippen LogP contribution in [0, 0.1) is 0 Å². The van der Waals surface area contributed by atoms with Gasteiger partial charge in [0.15, 0.2) is 0 Å². The van der Waals surface area contributed by atoms with E-state index in [0.717, 1.165) is 19.4 Å². The van der Waals surface area contributed by atoms with E-state index in [9.17, 15) is 9.59 Å². The second-order valence-corrected chi connectivity index (χ2v) is 4.49. The van der Waals surface area contributed by atoms with Crippen LogP contribution in [0.5, 0.6) is 0 Å². The predicted molar refractivity (Wildman–Crippen MR) is 61.8 cm³/mol. The molecule has 5 heteroatoms. The minimum absolute atomic E-state index is 0.0481. The van der Waals surface area contributed by atoms with Crippen molar-refractivity contribution in [1.82, 2.24) is 10.2 Å². The Balaban J connectivity index is 2.13. The first-order valence-corrected chi connectivity index (χ1v) is 6.67. The second-order valence-electron chi connectivity index (χ2n) is 3.62. The van der Waals surface area contributed by atoms with Crippen molar-refractivity contribution in [2.45, 2.75) is 19.3 Å². The number of thioether (sulfide) groups is 1. The van der Waals surface area contributed by atoms with Crippen molar-refractivity contribution in [3.05, 3.63) is 0 Å². The fourth-order valence-electron chi connectivity index (χ4n) is 1.61. The lowest BCUT2D eigenvalue weighted by Crippen LogP contribution is -2.41. The summed E-state index contributed by atoms with van der Waals surface area (Å²) in [7, 11) is 0. The van der Waals surface area contributed by atoms with E-state index in [4.69, 9.17) is 0 Å². The molecule has 0 unspecified atom stereocenters. The molecule has 15 heavy (non-hydrogen) atoms. The molecule has 0 saturated carbocycles. The molecular weight excluding hydrogens is 212 g/mol. The van der Waals surface area contributed by atoms with E-state index in [0.29, 0.717) is 25.3 Å². The lowest BCUT2D eigenvalue weighted by atomic mass is 10.1. The zero-order valence-corrected chi connectivity index (χ0v) is 9.94. The van der Waals surface area contributed by atoms with Gasteiger partial charge in [0.2, 0.25) is 11.8 Å². The van der Waals surface area contributed by atoms with Crippen LogP contribution in [0.2, 0.25) is 0 Å². The second kappa shape index (κ2) is 6.71. The number of nitrogens with zero attached hydrogens (tertiary/aromatic N) is 1. The van der Waals surface area contributed by atoms with Gasteiger partial charge in [0.1, 0.15) is 0 Å². The minimum atomic E-state index is 0.0481. The first-order chi connectivity index (χ1) is 7.24. The Hall–Kier alpha value is -0.710. The van der Waals surface area contributed by atoms with E-state index < -0.39 is 0 Å². The molecule has 1 saturated heterocycles. The molecule has 2 amide bonds. The minimum Gasteiger partial charge on any atom is -0.354 e. The van der Waals surface area contributed by atoms with Gasteiger partial charge in [-0.2, -0.15) is 11.8 Å². The highest BCUT2D eigenvalue weighted by molar-refractivity contribution is 7.99. The summed E-state index contributed by atoms with van der Waals surface area (Å²) in [6.07, 6.45) is 4.66. The molecule has 0 atom stereocenters. The molecule has 0 bridgehead atoms. The van der Waals surface area contributed by atoms with Crippen LogP contribution in [0.4, 0.5) is 0 Å². The molecule has 1 fully saturated rings. The maximum Gasteiger partial charge on any atom is 0.230 e. The van der Waals surface area contributed by atoms with E-state index >= 15 is 0 Å². The molecule has 1 heterocycles. The van der Waals surface area contributed by atoms with Gasteiger partial charge < -0.3 is 10.2 Å². The molecule has 0 spiro atoms. The molecule has 0 aromatic carbocycles. The molecule has 1 aliphatic rings. The highest BCUT2D eigenvalue weighted by Crippen LogP contribution is 2.09. The summed E-state index contributed by atoms with van der Waals surface area (Å²) < 4.78 is 0. The number of amides is 2. The van der Waals surface area contributed by atoms with Crippen LogP contribution in [-0.2, 0) is 9.59 Å². The number of piperidine rings is 1. The first-order valence-electron chi connectivity index (χ1n) is 5.27. The molecule has 1 N–H and O–H groups in total. The Bertz CT molecular complexity index is 233. The number of nitrogens with one attached hydrogen (secondary N) is 1. The number of hydrogen-bond acceptors (Lipinski definition) is 3. The van der Waals surface area contributed by atoms with E-state index in [1.807, 2.05) is 11.2 Å². The van der Waals surface area contributed by atoms with E-state index in [-0.39, 0.29) is 11.8 Å². The number of carbonyl (C=O) groups excluding carboxylic acids is 2. The lowest BCUT2D eigenvalue weighted by molar-refractivity contribution is -0.133. The van der Waals surface area contributed by atoms with Crippen molar-refractivity contribution in [3.8, 4) is 0 Å². The zero-order valence-electron chi connectivity index (χ0n) is 9.12. The summed E-state index contributed by atoms with van der Waals surface area (Å²) in [5.41, 5.74) is 0. The molecule has 0 aliphatic carbocycles. The Morgan fingerprint density at radius 3 is 3.00 bits per heavy atom. The van der Waals surface area contributed by atoms with Gasteiger partial charge in [-0.25, -0.2) is 0 Å². The van der Waals surface area contributed by atoms with Gasteiger partial charge in [-0.1, -0.05) is 0 Å². The molecule has 1 rings (SSSR count). The Labute approximate surface area is 94.8 Å². The molecule has 1 aliphatic heterocycles. The summed E-state index contributed by atoms with van der Waals surface area (Å²) in [4.78, 5) is 24.4. The van der Waals surface area contributed by atoms with Crippen LogP contribution in [0.1, 0.15) is 19.3 Å². The maximum atomic E-state index is 11.4. The van der Waals surface area contributed by atoms with E-state index in [2.05, 4.69) is 5.32 Å². The van der Waals surface area contributed by atoms with Gasteiger partial charge in [0.05, 0.1) is 5.75 Å². The van der Waals surface area contributed by atoms with Gasteiger partial charge in [-0.3, -0.25) is 9.59 Å². The average Bonchev–Trinajstić information content (AvgIpc) is 2.21. The zero-order chi connectivity index (χ0) is 11.1. The third kappa shape index (κ3) is 4.55. The van der Waals surface area contributed by atoms with Crippen molar-refractivity contribution in [2.75, 3.05) is 31.6 Å². The molecule has 4 nitrogen and oxygen atoms in total. The standard InChI is InChI=1S/C10H18N2O2S/c1-15-8-9(13)11-5-7-12-6-3-2-4-10(12)14/h2-8H2,1H3,(H,11,13). The third-order valence-electron chi connectivity index (χ3n) is 2.40. The van der Waals surface area contributed by atoms with Crippen molar-refractivity contribution in [1.29, 1.82) is 0 Å². The topological polar surface area (TPSA) is 49.4 Å². The normalized spacial score (nSPS) is 16.6. The molecule has 0 radical (unpaired) electrons. The summed E-state index contributed by atoms with van der Waals surface area (Å²) in [6.45, 7) is 2.07. The molecule has 0 aromatic rings. The van der Waals surface area contributed by atoms with Crippen LogP contribution >= 0.6 is 11.8 Å². The summed E-state index contributed by atoms with van der Waals surface area (Å²) in [5.74, 6) is 0.765. The highest BCUT2D eigenvalue weighted by Gasteiger charge is 2.17. The monoisotopic (exact) mass is 230 g/mol. The van der Waals surface area contributed by atoms with Crippen molar-refractivity contribution in [3.63, 3.8) is 0 Å². The first kappa shape index (κ1) is 12.4. The van der Waals surface area contributed by atoms with Crippen LogP contribution < -0.4 is 5.32 Å². The smallest absolute Gasteiger partial charge is 0.230 e. The maximum absolute atomic E-state index is 11.4. The van der Waals surface area contributed by atoms with Crippen molar-refractivity contribution >= 4 is 23.6 Å². The summed E-state index contributed by atoms with van der Waals surface area (Å²) in [5, 5.41) is 2.80. The van der Waals surface area contributed by atoms with Gasteiger partial charge in [0.25, 0.3) is 0 Å². The number of likely N-dealkylation sites (tertiary alicyclic amines) is 1. The van der Waals surface area contributed by atoms with Crippen molar-refractivity contribution in [2.24, 2.45) is 0 Å². The summed E-state index contributed by atoms with van der Waals surface area (Å²) in [6, 6.07) is 0. The van der Waals surface area contributed by atoms with Crippen molar-refractivity contribution < 1.29 is 9.59 Å². The largest absolute Gasteiger partial charge is 0.354 e. The average molecular weight is 230 g/mol. The number of rotatable bonds is 5. The van der Waals surface area contributed by atoms with Gasteiger partial charge >= 0.3 is 0 Å².